The number of anilines is 1. The zero-order chi connectivity index (χ0) is 15.6. The number of hydrogen-bond donors (Lipinski definition) is 2. The van der Waals surface area contributed by atoms with E-state index in [0.29, 0.717) is 6.54 Å². The van der Waals surface area contributed by atoms with Crippen molar-refractivity contribution in [3.8, 4) is 0 Å². The van der Waals surface area contributed by atoms with Crippen molar-refractivity contribution in [2.75, 3.05) is 5.32 Å². The lowest BCUT2D eigenvalue weighted by atomic mass is 10.1. The van der Waals surface area contributed by atoms with Gasteiger partial charge in [-0.3, -0.25) is 0 Å². The summed E-state index contributed by atoms with van der Waals surface area (Å²) in [6, 6.07) is 5.86. The molecule has 4 heteroatoms. The minimum absolute atomic E-state index is 0.205. The Balaban J connectivity index is 2.01. The van der Waals surface area contributed by atoms with Crippen LogP contribution in [0.5, 0.6) is 0 Å². The number of rotatable bonds is 3. The van der Waals surface area contributed by atoms with Crippen molar-refractivity contribution in [3.05, 3.63) is 52.0 Å². The standard InChI is InChI=1S/C17H22N2O2/c1-10-6-11(2)16(12(3)7-10)19-17(20)18-9-15-8-13(4)21-14(15)5/h6-8H,9H2,1-5H3,(H2,18,19,20). The number of aryl methyl sites for hydroxylation is 5. The van der Waals surface area contributed by atoms with Crippen LogP contribution >= 0.6 is 0 Å². The molecule has 2 aromatic rings. The molecule has 1 heterocycles. The topological polar surface area (TPSA) is 54.3 Å². The van der Waals surface area contributed by atoms with Crippen LogP contribution in [0.3, 0.4) is 0 Å². The highest BCUT2D eigenvalue weighted by Crippen LogP contribution is 2.21. The van der Waals surface area contributed by atoms with Gasteiger partial charge in [-0.05, 0) is 51.8 Å². The predicted octanol–water partition coefficient (Wildman–Crippen LogP) is 4.14. The summed E-state index contributed by atoms with van der Waals surface area (Å²) in [6.07, 6.45) is 0. The number of amides is 2. The van der Waals surface area contributed by atoms with Gasteiger partial charge in [0.1, 0.15) is 11.5 Å². The molecule has 0 atom stereocenters. The molecule has 0 fully saturated rings. The number of benzene rings is 1. The van der Waals surface area contributed by atoms with Crippen molar-refractivity contribution < 1.29 is 9.21 Å². The molecule has 4 nitrogen and oxygen atoms in total. The molecule has 2 rings (SSSR count). The first kappa shape index (κ1) is 15.2. The number of furan rings is 1. The molecule has 1 aromatic carbocycles. The molecule has 0 aliphatic carbocycles. The van der Waals surface area contributed by atoms with E-state index >= 15 is 0 Å². The number of carbonyl (C=O) groups is 1. The van der Waals surface area contributed by atoms with E-state index in [-0.39, 0.29) is 6.03 Å². The Morgan fingerprint density at radius 2 is 1.67 bits per heavy atom. The smallest absolute Gasteiger partial charge is 0.319 e. The van der Waals surface area contributed by atoms with E-state index in [1.54, 1.807) is 0 Å². The highest BCUT2D eigenvalue weighted by molar-refractivity contribution is 5.91. The maximum Gasteiger partial charge on any atom is 0.319 e. The number of hydrogen-bond acceptors (Lipinski definition) is 2. The van der Waals surface area contributed by atoms with Crippen LogP contribution in [0, 0.1) is 34.6 Å². The van der Waals surface area contributed by atoms with Crippen LogP contribution in [0.1, 0.15) is 33.8 Å². The van der Waals surface area contributed by atoms with Crippen molar-refractivity contribution in [2.24, 2.45) is 0 Å². The van der Waals surface area contributed by atoms with Crippen LogP contribution < -0.4 is 10.6 Å². The highest BCUT2D eigenvalue weighted by atomic mass is 16.3. The quantitative estimate of drug-likeness (QED) is 0.890. The summed E-state index contributed by atoms with van der Waals surface area (Å²) in [4.78, 5) is 12.0. The molecule has 2 amide bonds. The van der Waals surface area contributed by atoms with Crippen LogP contribution in [0.2, 0.25) is 0 Å². The summed E-state index contributed by atoms with van der Waals surface area (Å²) in [5, 5.41) is 5.78. The van der Waals surface area contributed by atoms with Crippen LogP contribution in [-0.4, -0.2) is 6.03 Å². The molecular formula is C17H22N2O2. The molecule has 0 aliphatic rings. The van der Waals surface area contributed by atoms with Gasteiger partial charge in [0.15, 0.2) is 0 Å². The maximum atomic E-state index is 12.0. The molecule has 2 N–H and O–H groups in total. The van der Waals surface area contributed by atoms with Crippen molar-refractivity contribution in [1.82, 2.24) is 5.32 Å². The van der Waals surface area contributed by atoms with Gasteiger partial charge < -0.3 is 15.1 Å². The van der Waals surface area contributed by atoms with Gasteiger partial charge >= 0.3 is 6.03 Å². The average Bonchev–Trinajstić information content (AvgIpc) is 2.69. The molecule has 112 valence electrons. The van der Waals surface area contributed by atoms with Crippen LogP contribution in [0.4, 0.5) is 10.5 Å². The van der Waals surface area contributed by atoms with Crippen molar-refractivity contribution in [1.29, 1.82) is 0 Å². The molecule has 0 saturated carbocycles. The Kier molecular flexibility index (Phi) is 4.36. The van der Waals surface area contributed by atoms with Crippen molar-refractivity contribution in [3.63, 3.8) is 0 Å². The van der Waals surface area contributed by atoms with Crippen molar-refractivity contribution >= 4 is 11.7 Å². The molecular weight excluding hydrogens is 264 g/mol. The fourth-order valence-corrected chi connectivity index (χ4v) is 2.57. The number of carbonyl (C=O) groups excluding carboxylic acids is 1. The zero-order valence-corrected chi connectivity index (χ0v) is 13.3. The average molecular weight is 286 g/mol. The van der Waals surface area contributed by atoms with E-state index in [1.165, 1.54) is 5.56 Å². The van der Waals surface area contributed by atoms with Gasteiger partial charge in [-0.1, -0.05) is 17.7 Å². The fraction of sp³-hybridized carbons (Fsp3) is 0.353. The molecule has 0 saturated heterocycles. The minimum atomic E-state index is -0.205. The molecule has 0 bridgehead atoms. The predicted molar refractivity (Wildman–Crippen MR) is 84.7 cm³/mol. The number of urea groups is 1. The maximum absolute atomic E-state index is 12.0. The SMILES string of the molecule is Cc1cc(C)c(NC(=O)NCc2cc(C)oc2C)c(C)c1. The highest BCUT2D eigenvalue weighted by Gasteiger charge is 2.10. The third kappa shape index (κ3) is 3.66. The lowest BCUT2D eigenvalue weighted by Gasteiger charge is -2.13. The second kappa shape index (κ2) is 6.04. The molecule has 21 heavy (non-hydrogen) atoms. The van der Waals surface area contributed by atoms with E-state index in [9.17, 15) is 4.79 Å². The largest absolute Gasteiger partial charge is 0.466 e. The first-order valence-electron chi connectivity index (χ1n) is 7.05. The lowest BCUT2D eigenvalue weighted by Crippen LogP contribution is -2.28. The molecule has 0 spiro atoms. The summed E-state index contributed by atoms with van der Waals surface area (Å²) < 4.78 is 5.44. The normalized spacial score (nSPS) is 10.5. The molecule has 0 unspecified atom stereocenters. The first-order valence-corrected chi connectivity index (χ1v) is 7.05. The van der Waals surface area contributed by atoms with Crippen LogP contribution in [-0.2, 0) is 6.54 Å². The Morgan fingerprint density at radius 3 is 2.19 bits per heavy atom. The first-order chi connectivity index (χ1) is 9.86. The van der Waals surface area contributed by atoms with E-state index in [0.717, 1.165) is 33.9 Å². The Hall–Kier alpha value is -2.23. The summed E-state index contributed by atoms with van der Waals surface area (Å²) in [5.74, 6) is 1.70. The summed E-state index contributed by atoms with van der Waals surface area (Å²) >= 11 is 0. The Bertz CT molecular complexity index is 648. The molecule has 1 aromatic heterocycles. The van der Waals surface area contributed by atoms with E-state index in [2.05, 4.69) is 22.8 Å². The van der Waals surface area contributed by atoms with Crippen LogP contribution in [0.15, 0.2) is 22.6 Å². The van der Waals surface area contributed by atoms with Gasteiger partial charge in [-0.15, -0.1) is 0 Å². The van der Waals surface area contributed by atoms with Gasteiger partial charge in [0.25, 0.3) is 0 Å². The van der Waals surface area contributed by atoms with Gasteiger partial charge in [0, 0.05) is 17.8 Å². The molecule has 0 aliphatic heterocycles. The fourth-order valence-electron chi connectivity index (χ4n) is 2.57. The van der Waals surface area contributed by atoms with Crippen molar-refractivity contribution in [2.45, 2.75) is 41.2 Å². The Labute approximate surface area is 125 Å². The third-order valence-electron chi connectivity index (χ3n) is 3.50. The minimum Gasteiger partial charge on any atom is -0.466 e. The summed E-state index contributed by atoms with van der Waals surface area (Å²) in [7, 11) is 0. The van der Waals surface area contributed by atoms with E-state index in [4.69, 9.17) is 4.42 Å². The second-order valence-corrected chi connectivity index (χ2v) is 5.52. The Morgan fingerprint density at radius 1 is 1.05 bits per heavy atom. The van der Waals surface area contributed by atoms with Crippen LogP contribution in [0.25, 0.3) is 0 Å². The summed E-state index contributed by atoms with van der Waals surface area (Å²) in [5.41, 5.74) is 5.20. The molecule has 0 radical (unpaired) electrons. The van der Waals surface area contributed by atoms with E-state index < -0.39 is 0 Å². The third-order valence-corrected chi connectivity index (χ3v) is 3.50. The van der Waals surface area contributed by atoms with Gasteiger partial charge in [0.05, 0.1) is 0 Å². The number of nitrogens with one attached hydrogen (secondary N) is 2. The van der Waals surface area contributed by atoms with Gasteiger partial charge in [-0.25, -0.2) is 4.79 Å². The lowest BCUT2D eigenvalue weighted by molar-refractivity contribution is 0.251. The zero-order valence-electron chi connectivity index (χ0n) is 13.3. The van der Waals surface area contributed by atoms with Gasteiger partial charge in [0.2, 0.25) is 0 Å². The monoisotopic (exact) mass is 286 g/mol. The summed E-state index contributed by atoms with van der Waals surface area (Å²) in [6.45, 7) is 10.3. The second-order valence-electron chi connectivity index (χ2n) is 5.52. The van der Waals surface area contributed by atoms with E-state index in [1.807, 2.05) is 40.7 Å². The van der Waals surface area contributed by atoms with Gasteiger partial charge in [-0.2, -0.15) is 0 Å².